The van der Waals surface area contributed by atoms with Gasteiger partial charge in [-0.1, -0.05) is 25.4 Å². The Balaban J connectivity index is 2.82. The fourth-order valence-corrected chi connectivity index (χ4v) is 1.65. The molecule has 0 aliphatic rings. The van der Waals surface area contributed by atoms with Crippen LogP contribution in [0, 0.1) is 0 Å². The summed E-state index contributed by atoms with van der Waals surface area (Å²) >= 11 is 5.77. The second-order valence-corrected chi connectivity index (χ2v) is 4.52. The van der Waals surface area contributed by atoms with Crippen LogP contribution in [0.5, 0.6) is 0 Å². The van der Waals surface area contributed by atoms with E-state index in [2.05, 4.69) is 10.4 Å². The van der Waals surface area contributed by atoms with Gasteiger partial charge in [0.1, 0.15) is 6.04 Å². The van der Waals surface area contributed by atoms with E-state index in [0.29, 0.717) is 5.02 Å². The van der Waals surface area contributed by atoms with Crippen LogP contribution in [0.25, 0.3) is 0 Å². The standard InChI is InChI=1S/C10H17ClN4O/c1-6(2)14-9(10(12)16)7(3)15-5-8(11)4-13-15/h4-7,9,14H,1-3H3,(H2,12,16). The highest BCUT2D eigenvalue weighted by Crippen LogP contribution is 2.14. The first-order chi connectivity index (χ1) is 7.41. The van der Waals surface area contributed by atoms with Crippen molar-refractivity contribution in [2.45, 2.75) is 38.9 Å². The van der Waals surface area contributed by atoms with Gasteiger partial charge in [0, 0.05) is 12.2 Å². The van der Waals surface area contributed by atoms with Crippen LogP contribution in [0.1, 0.15) is 26.8 Å². The quantitative estimate of drug-likeness (QED) is 0.810. The average Bonchev–Trinajstić information content (AvgIpc) is 2.59. The summed E-state index contributed by atoms with van der Waals surface area (Å²) in [6, 6.07) is -0.464. The number of hydrogen-bond donors (Lipinski definition) is 2. The summed E-state index contributed by atoms with van der Waals surface area (Å²) in [4.78, 5) is 11.3. The van der Waals surface area contributed by atoms with E-state index in [1.165, 1.54) is 6.20 Å². The van der Waals surface area contributed by atoms with E-state index < -0.39 is 11.9 Å². The van der Waals surface area contributed by atoms with Gasteiger partial charge in [0.05, 0.1) is 17.3 Å². The number of carbonyl (C=O) groups is 1. The van der Waals surface area contributed by atoms with Crippen molar-refractivity contribution >= 4 is 17.5 Å². The van der Waals surface area contributed by atoms with E-state index >= 15 is 0 Å². The molecule has 0 bridgehead atoms. The molecule has 0 radical (unpaired) electrons. The second-order valence-electron chi connectivity index (χ2n) is 4.08. The molecule has 1 aromatic rings. The predicted molar refractivity (Wildman–Crippen MR) is 63.2 cm³/mol. The number of carbonyl (C=O) groups excluding carboxylic acids is 1. The van der Waals surface area contributed by atoms with Crippen LogP contribution >= 0.6 is 11.6 Å². The van der Waals surface area contributed by atoms with E-state index in [1.807, 2.05) is 20.8 Å². The first-order valence-electron chi connectivity index (χ1n) is 5.17. The molecule has 6 heteroatoms. The molecule has 3 N–H and O–H groups in total. The first-order valence-corrected chi connectivity index (χ1v) is 5.54. The Labute approximate surface area is 99.9 Å². The Hall–Kier alpha value is -1.07. The number of amides is 1. The predicted octanol–water partition coefficient (Wildman–Crippen LogP) is 0.949. The van der Waals surface area contributed by atoms with E-state index in [0.717, 1.165) is 0 Å². The van der Waals surface area contributed by atoms with E-state index in [4.69, 9.17) is 17.3 Å². The molecule has 0 saturated carbocycles. The van der Waals surface area contributed by atoms with Gasteiger partial charge in [-0.25, -0.2) is 0 Å². The van der Waals surface area contributed by atoms with Crippen LogP contribution in [-0.4, -0.2) is 27.8 Å². The van der Waals surface area contributed by atoms with Crippen molar-refractivity contribution in [2.75, 3.05) is 0 Å². The van der Waals surface area contributed by atoms with Gasteiger partial charge < -0.3 is 11.1 Å². The van der Waals surface area contributed by atoms with Crippen molar-refractivity contribution in [1.29, 1.82) is 0 Å². The maximum atomic E-state index is 11.3. The molecular formula is C10H17ClN4O. The van der Waals surface area contributed by atoms with Crippen LogP contribution in [0.4, 0.5) is 0 Å². The van der Waals surface area contributed by atoms with Crippen LogP contribution in [0.3, 0.4) is 0 Å². The van der Waals surface area contributed by atoms with Crippen molar-refractivity contribution in [2.24, 2.45) is 5.73 Å². The van der Waals surface area contributed by atoms with Crippen molar-refractivity contribution in [3.05, 3.63) is 17.4 Å². The lowest BCUT2D eigenvalue weighted by Crippen LogP contribution is -2.49. The molecule has 0 fully saturated rings. The first kappa shape index (κ1) is 13.0. The zero-order valence-corrected chi connectivity index (χ0v) is 10.4. The molecule has 1 rings (SSSR count). The third kappa shape index (κ3) is 3.21. The zero-order chi connectivity index (χ0) is 12.3. The third-order valence-corrected chi connectivity index (χ3v) is 2.48. The van der Waals surface area contributed by atoms with Gasteiger partial charge in [-0.2, -0.15) is 5.10 Å². The van der Waals surface area contributed by atoms with Gasteiger partial charge in [-0.15, -0.1) is 0 Å². The summed E-state index contributed by atoms with van der Waals surface area (Å²) in [7, 11) is 0. The smallest absolute Gasteiger partial charge is 0.236 e. The molecule has 0 aromatic carbocycles. The summed E-state index contributed by atoms with van der Waals surface area (Å²) in [5, 5.41) is 7.71. The second kappa shape index (κ2) is 5.32. The van der Waals surface area contributed by atoms with Crippen LogP contribution in [0.2, 0.25) is 5.02 Å². The van der Waals surface area contributed by atoms with Crippen molar-refractivity contribution in [3.8, 4) is 0 Å². The number of primary amides is 1. The molecule has 1 heterocycles. The minimum atomic E-state index is -0.462. The molecule has 5 nitrogen and oxygen atoms in total. The SMILES string of the molecule is CC(C)NC(C(N)=O)C(C)n1cc(Cl)cn1. The van der Waals surface area contributed by atoms with E-state index in [1.54, 1.807) is 10.9 Å². The van der Waals surface area contributed by atoms with E-state index in [9.17, 15) is 4.79 Å². The molecule has 0 aliphatic carbocycles. The third-order valence-electron chi connectivity index (χ3n) is 2.29. The van der Waals surface area contributed by atoms with Gasteiger partial charge in [0.15, 0.2) is 0 Å². The number of nitrogens with zero attached hydrogens (tertiary/aromatic N) is 2. The highest BCUT2D eigenvalue weighted by atomic mass is 35.5. The summed E-state index contributed by atoms with van der Waals surface area (Å²) < 4.78 is 1.63. The van der Waals surface area contributed by atoms with Crippen LogP contribution < -0.4 is 11.1 Å². The van der Waals surface area contributed by atoms with Gasteiger partial charge in [0.2, 0.25) is 5.91 Å². The Morgan fingerprint density at radius 2 is 2.19 bits per heavy atom. The normalized spacial score (nSPS) is 15.1. The van der Waals surface area contributed by atoms with Gasteiger partial charge >= 0.3 is 0 Å². The number of aromatic nitrogens is 2. The van der Waals surface area contributed by atoms with Crippen LogP contribution in [0.15, 0.2) is 12.4 Å². The number of nitrogens with two attached hydrogens (primary N) is 1. The minimum Gasteiger partial charge on any atom is -0.368 e. The van der Waals surface area contributed by atoms with E-state index in [-0.39, 0.29) is 12.1 Å². The van der Waals surface area contributed by atoms with Crippen molar-refractivity contribution in [3.63, 3.8) is 0 Å². The Morgan fingerprint density at radius 3 is 2.56 bits per heavy atom. The fourth-order valence-electron chi connectivity index (χ4n) is 1.51. The molecule has 2 unspecified atom stereocenters. The molecule has 0 spiro atoms. The average molecular weight is 245 g/mol. The summed E-state index contributed by atoms with van der Waals surface area (Å²) in [5.41, 5.74) is 5.35. The molecule has 1 amide bonds. The summed E-state index contributed by atoms with van der Waals surface area (Å²) in [5.74, 6) is -0.396. The largest absolute Gasteiger partial charge is 0.368 e. The maximum Gasteiger partial charge on any atom is 0.236 e. The molecule has 0 saturated heterocycles. The number of halogens is 1. The Kier molecular flexibility index (Phi) is 4.32. The summed E-state index contributed by atoms with van der Waals surface area (Å²) in [6.45, 7) is 5.78. The molecule has 16 heavy (non-hydrogen) atoms. The number of nitrogens with one attached hydrogen (secondary N) is 1. The minimum absolute atomic E-state index is 0.172. The molecule has 0 aliphatic heterocycles. The monoisotopic (exact) mass is 244 g/mol. The van der Waals surface area contributed by atoms with Gasteiger partial charge in [-0.05, 0) is 6.92 Å². The maximum absolute atomic E-state index is 11.3. The number of hydrogen-bond acceptors (Lipinski definition) is 3. The summed E-state index contributed by atoms with van der Waals surface area (Å²) in [6.07, 6.45) is 3.20. The van der Waals surface area contributed by atoms with Crippen LogP contribution in [-0.2, 0) is 4.79 Å². The fraction of sp³-hybridized carbons (Fsp3) is 0.600. The van der Waals surface area contributed by atoms with Gasteiger partial charge in [0.25, 0.3) is 0 Å². The van der Waals surface area contributed by atoms with Crippen molar-refractivity contribution in [1.82, 2.24) is 15.1 Å². The lowest BCUT2D eigenvalue weighted by molar-refractivity contribution is -0.121. The van der Waals surface area contributed by atoms with Gasteiger partial charge in [-0.3, -0.25) is 9.48 Å². The van der Waals surface area contributed by atoms with Crippen molar-refractivity contribution < 1.29 is 4.79 Å². The molecule has 1 aromatic heterocycles. The highest BCUT2D eigenvalue weighted by Gasteiger charge is 2.25. The molecule has 2 atom stereocenters. The zero-order valence-electron chi connectivity index (χ0n) is 9.64. The lowest BCUT2D eigenvalue weighted by atomic mass is 10.1. The molecule has 90 valence electrons. The number of rotatable bonds is 5. The Morgan fingerprint density at radius 1 is 1.56 bits per heavy atom. The Bertz CT molecular complexity index is 363. The highest BCUT2D eigenvalue weighted by molar-refractivity contribution is 6.30. The topological polar surface area (TPSA) is 72.9 Å². The lowest BCUT2D eigenvalue weighted by Gasteiger charge is -2.24. The molecular weight excluding hydrogens is 228 g/mol.